The van der Waals surface area contributed by atoms with E-state index in [1.165, 1.54) is 23.0 Å². The minimum atomic E-state index is -0.339. The molecule has 0 aliphatic rings. The number of aromatic nitrogens is 2. The van der Waals surface area contributed by atoms with Gasteiger partial charge in [-0.05, 0) is 24.6 Å². The van der Waals surface area contributed by atoms with Crippen LogP contribution in [0.3, 0.4) is 0 Å². The van der Waals surface area contributed by atoms with E-state index in [0.717, 1.165) is 0 Å². The van der Waals surface area contributed by atoms with Crippen LogP contribution in [0.5, 0.6) is 0 Å². The highest BCUT2D eigenvalue weighted by molar-refractivity contribution is 5.97. The molecule has 0 spiro atoms. The molecule has 0 radical (unpaired) electrons. The molecule has 0 fully saturated rings. The van der Waals surface area contributed by atoms with Gasteiger partial charge in [-0.3, -0.25) is 9.48 Å². The Morgan fingerprint density at radius 1 is 1.53 bits per heavy atom. The molecule has 0 saturated carbocycles. The third kappa shape index (κ3) is 2.73. The first-order valence-corrected chi connectivity index (χ1v) is 5.83. The van der Waals surface area contributed by atoms with Crippen molar-refractivity contribution in [1.29, 1.82) is 0 Å². The van der Waals surface area contributed by atoms with E-state index in [-0.39, 0.29) is 17.8 Å². The minimum absolute atomic E-state index is 0.295. The number of carbonyl (C=O) groups excluding carboxylic acids is 1. The summed E-state index contributed by atoms with van der Waals surface area (Å²) < 4.78 is 14.5. The van der Waals surface area contributed by atoms with Gasteiger partial charge in [0.1, 0.15) is 11.5 Å². The lowest BCUT2D eigenvalue weighted by molar-refractivity contribution is 0.0931. The number of nitrogens with one attached hydrogen (secondary N) is 1. The van der Waals surface area contributed by atoms with Gasteiger partial charge in [0.2, 0.25) is 0 Å². The SMILES string of the molecule is CC(NC(=O)c1c(N)cnn1C)c1cccc(F)c1. The summed E-state index contributed by atoms with van der Waals surface area (Å²) in [7, 11) is 1.64. The molecule has 2 rings (SSSR count). The van der Waals surface area contributed by atoms with Crippen molar-refractivity contribution < 1.29 is 9.18 Å². The number of carbonyl (C=O) groups is 1. The summed E-state index contributed by atoms with van der Waals surface area (Å²) in [6.45, 7) is 1.78. The van der Waals surface area contributed by atoms with Gasteiger partial charge in [-0.2, -0.15) is 5.10 Å². The van der Waals surface area contributed by atoms with E-state index in [4.69, 9.17) is 5.73 Å². The highest BCUT2D eigenvalue weighted by atomic mass is 19.1. The normalized spacial score (nSPS) is 12.2. The molecule has 100 valence electrons. The lowest BCUT2D eigenvalue weighted by atomic mass is 10.1. The number of nitrogens with zero attached hydrogens (tertiary/aromatic N) is 2. The maximum atomic E-state index is 13.1. The Morgan fingerprint density at radius 2 is 2.26 bits per heavy atom. The molecule has 3 N–H and O–H groups in total. The van der Waals surface area contributed by atoms with E-state index in [0.29, 0.717) is 16.9 Å². The Labute approximate surface area is 110 Å². The van der Waals surface area contributed by atoms with Crippen molar-refractivity contribution in [3.8, 4) is 0 Å². The Hall–Kier alpha value is -2.37. The van der Waals surface area contributed by atoms with E-state index in [1.54, 1.807) is 26.1 Å². The van der Waals surface area contributed by atoms with E-state index in [9.17, 15) is 9.18 Å². The van der Waals surface area contributed by atoms with Crippen LogP contribution in [0.4, 0.5) is 10.1 Å². The van der Waals surface area contributed by atoms with Crippen LogP contribution in [-0.2, 0) is 7.05 Å². The molecule has 19 heavy (non-hydrogen) atoms. The van der Waals surface area contributed by atoms with Crippen LogP contribution in [0.2, 0.25) is 0 Å². The third-order valence-corrected chi connectivity index (χ3v) is 2.88. The molecule has 0 saturated heterocycles. The van der Waals surface area contributed by atoms with Gasteiger partial charge < -0.3 is 11.1 Å². The number of amides is 1. The predicted molar refractivity (Wildman–Crippen MR) is 69.9 cm³/mol. The molecular formula is C13H15FN4O. The van der Waals surface area contributed by atoms with Gasteiger partial charge in [-0.1, -0.05) is 12.1 Å². The molecule has 1 heterocycles. The largest absolute Gasteiger partial charge is 0.396 e. The van der Waals surface area contributed by atoms with Gasteiger partial charge in [0, 0.05) is 7.05 Å². The fourth-order valence-corrected chi connectivity index (χ4v) is 1.86. The highest BCUT2D eigenvalue weighted by Gasteiger charge is 2.17. The van der Waals surface area contributed by atoms with Gasteiger partial charge in [0.25, 0.3) is 5.91 Å². The second-order valence-electron chi connectivity index (χ2n) is 4.32. The Morgan fingerprint density at radius 3 is 2.84 bits per heavy atom. The number of anilines is 1. The second-order valence-corrected chi connectivity index (χ2v) is 4.32. The van der Waals surface area contributed by atoms with Crippen molar-refractivity contribution in [3.63, 3.8) is 0 Å². The minimum Gasteiger partial charge on any atom is -0.396 e. The first-order chi connectivity index (χ1) is 8.99. The second kappa shape index (κ2) is 5.09. The van der Waals surface area contributed by atoms with Gasteiger partial charge in [-0.15, -0.1) is 0 Å². The molecule has 1 aromatic carbocycles. The van der Waals surface area contributed by atoms with Crippen LogP contribution >= 0.6 is 0 Å². The van der Waals surface area contributed by atoms with Gasteiger partial charge in [0.05, 0.1) is 17.9 Å². The number of nitrogens with two attached hydrogens (primary N) is 1. The average molecular weight is 262 g/mol. The van der Waals surface area contributed by atoms with Crippen LogP contribution in [0.1, 0.15) is 29.0 Å². The monoisotopic (exact) mass is 262 g/mol. The number of hydrogen-bond acceptors (Lipinski definition) is 3. The van der Waals surface area contributed by atoms with Crippen LogP contribution in [-0.4, -0.2) is 15.7 Å². The lowest BCUT2D eigenvalue weighted by Gasteiger charge is -2.14. The standard InChI is InChI=1S/C13H15FN4O/c1-8(9-4-3-5-10(14)6-9)17-13(19)12-11(15)7-16-18(12)2/h3-8H,15H2,1-2H3,(H,17,19). The molecule has 1 aromatic heterocycles. The van der Waals surface area contributed by atoms with E-state index in [2.05, 4.69) is 10.4 Å². The molecule has 0 bridgehead atoms. The summed E-state index contributed by atoms with van der Waals surface area (Å²) in [5.74, 6) is -0.673. The summed E-state index contributed by atoms with van der Waals surface area (Å²) >= 11 is 0. The maximum absolute atomic E-state index is 13.1. The summed E-state index contributed by atoms with van der Waals surface area (Å²) in [5.41, 5.74) is 6.97. The lowest BCUT2D eigenvalue weighted by Crippen LogP contribution is -2.29. The zero-order valence-electron chi connectivity index (χ0n) is 10.7. The van der Waals surface area contributed by atoms with E-state index >= 15 is 0 Å². The smallest absolute Gasteiger partial charge is 0.272 e. The Kier molecular flexibility index (Phi) is 3.50. The van der Waals surface area contributed by atoms with E-state index in [1.807, 2.05) is 0 Å². The number of nitrogen functional groups attached to an aromatic ring is 1. The molecule has 0 aliphatic heterocycles. The van der Waals surface area contributed by atoms with Crippen molar-refractivity contribution in [2.45, 2.75) is 13.0 Å². The molecule has 0 aliphatic carbocycles. The zero-order chi connectivity index (χ0) is 14.0. The number of rotatable bonds is 3. The number of aryl methyl sites for hydroxylation is 1. The van der Waals surface area contributed by atoms with Gasteiger partial charge in [0.15, 0.2) is 0 Å². The van der Waals surface area contributed by atoms with Crippen molar-refractivity contribution in [1.82, 2.24) is 15.1 Å². The average Bonchev–Trinajstić information content (AvgIpc) is 2.69. The Bertz CT molecular complexity index is 589. The molecule has 6 heteroatoms. The summed E-state index contributed by atoms with van der Waals surface area (Å²) in [5, 5.41) is 6.66. The van der Waals surface area contributed by atoms with Crippen molar-refractivity contribution in [2.75, 3.05) is 5.73 Å². The summed E-state index contributed by atoms with van der Waals surface area (Å²) in [6, 6.07) is 5.78. The van der Waals surface area contributed by atoms with Crippen LogP contribution in [0.25, 0.3) is 0 Å². The summed E-state index contributed by atoms with van der Waals surface area (Å²) in [6.07, 6.45) is 1.42. The Balaban J connectivity index is 2.15. The van der Waals surface area contributed by atoms with Crippen molar-refractivity contribution in [2.24, 2.45) is 7.05 Å². The molecular weight excluding hydrogens is 247 g/mol. The fraction of sp³-hybridized carbons (Fsp3) is 0.231. The van der Waals surface area contributed by atoms with Crippen LogP contribution < -0.4 is 11.1 Å². The molecule has 1 atom stereocenters. The molecule has 2 aromatic rings. The number of halogens is 1. The first-order valence-electron chi connectivity index (χ1n) is 5.83. The van der Waals surface area contributed by atoms with Gasteiger partial charge >= 0.3 is 0 Å². The summed E-state index contributed by atoms with van der Waals surface area (Å²) in [4.78, 5) is 12.1. The van der Waals surface area contributed by atoms with Crippen LogP contribution in [0.15, 0.2) is 30.5 Å². The quantitative estimate of drug-likeness (QED) is 0.883. The topological polar surface area (TPSA) is 72.9 Å². The maximum Gasteiger partial charge on any atom is 0.272 e. The number of hydrogen-bond donors (Lipinski definition) is 2. The molecule has 1 amide bonds. The predicted octanol–water partition coefficient (Wildman–Crippen LogP) is 1.63. The van der Waals surface area contributed by atoms with Gasteiger partial charge in [-0.25, -0.2) is 4.39 Å². The molecule has 1 unspecified atom stereocenters. The highest BCUT2D eigenvalue weighted by Crippen LogP contribution is 2.16. The van der Waals surface area contributed by atoms with Crippen molar-refractivity contribution >= 4 is 11.6 Å². The van der Waals surface area contributed by atoms with E-state index < -0.39 is 0 Å². The fourth-order valence-electron chi connectivity index (χ4n) is 1.86. The first kappa shape index (κ1) is 13.1. The van der Waals surface area contributed by atoms with Crippen LogP contribution in [0, 0.1) is 5.82 Å². The molecule has 5 nitrogen and oxygen atoms in total. The third-order valence-electron chi connectivity index (χ3n) is 2.88. The number of benzene rings is 1. The van der Waals surface area contributed by atoms with Crippen molar-refractivity contribution in [3.05, 3.63) is 47.5 Å². The zero-order valence-corrected chi connectivity index (χ0v) is 10.7.